The molecule has 0 bridgehead atoms. The van der Waals surface area contributed by atoms with Crippen molar-refractivity contribution in [1.29, 1.82) is 0 Å². The Balaban J connectivity index is 2.10. The van der Waals surface area contributed by atoms with Crippen LogP contribution >= 0.6 is 0 Å². The number of ether oxygens (including phenoxy) is 1. The SMILES string of the molecule is COCc1cccc(NC(=O)c2ccc(C(C)(C)C)cc2)c1. The second kappa shape index (κ2) is 6.75. The van der Waals surface area contributed by atoms with Gasteiger partial charge in [-0.3, -0.25) is 4.79 Å². The van der Waals surface area contributed by atoms with Gasteiger partial charge in [-0.15, -0.1) is 0 Å². The molecule has 3 nitrogen and oxygen atoms in total. The molecule has 1 amide bonds. The fourth-order valence-corrected chi connectivity index (χ4v) is 2.23. The highest BCUT2D eigenvalue weighted by Crippen LogP contribution is 2.22. The summed E-state index contributed by atoms with van der Waals surface area (Å²) in [6.07, 6.45) is 0. The number of carbonyl (C=O) groups is 1. The van der Waals surface area contributed by atoms with E-state index in [4.69, 9.17) is 4.74 Å². The summed E-state index contributed by atoms with van der Waals surface area (Å²) in [6, 6.07) is 15.4. The number of nitrogens with one attached hydrogen (secondary N) is 1. The molecular weight excluding hydrogens is 274 g/mol. The quantitative estimate of drug-likeness (QED) is 0.909. The summed E-state index contributed by atoms with van der Waals surface area (Å²) >= 11 is 0. The van der Waals surface area contributed by atoms with E-state index < -0.39 is 0 Å². The highest BCUT2D eigenvalue weighted by atomic mass is 16.5. The van der Waals surface area contributed by atoms with E-state index in [-0.39, 0.29) is 11.3 Å². The number of benzene rings is 2. The first-order valence-corrected chi connectivity index (χ1v) is 7.40. The molecule has 0 heterocycles. The number of carbonyl (C=O) groups excluding carboxylic acids is 1. The molecule has 2 aromatic rings. The van der Waals surface area contributed by atoms with Crippen molar-refractivity contribution in [3.05, 3.63) is 65.2 Å². The number of methoxy groups -OCH3 is 1. The largest absolute Gasteiger partial charge is 0.380 e. The van der Waals surface area contributed by atoms with Crippen LogP contribution in [0.15, 0.2) is 48.5 Å². The van der Waals surface area contributed by atoms with Gasteiger partial charge in [-0.1, -0.05) is 45.0 Å². The Morgan fingerprint density at radius 1 is 1.09 bits per heavy atom. The predicted molar refractivity (Wildman–Crippen MR) is 90.3 cm³/mol. The summed E-state index contributed by atoms with van der Waals surface area (Å²) in [5.41, 5.74) is 3.77. The molecule has 0 saturated heterocycles. The van der Waals surface area contributed by atoms with Crippen LogP contribution in [-0.4, -0.2) is 13.0 Å². The van der Waals surface area contributed by atoms with Crippen molar-refractivity contribution in [2.24, 2.45) is 0 Å². The number of anilines is 1. The molecule has 0 aliphatic rings. The van der Waals surface area contributed by atoms with Crippen LogP contribution in [0.1, 0.15) is 42.3 Å². The minimum atomic E-state index is -0.102. The Kier molecular flexibility index (Phi) is 4.99. The summed E-state index contributed by atoms with van der Waals surface area (Å²) in [4.78, 5) is 12.3. The van der Waals surface area contributed by atoms with Crippen LogP contribution in [0.3, 0.4) is 0 Å². The lowest BCUT2D eigenvalue weighted by Crippen LogP contribution is -2.14. The Morgan fingerprint density at radius 2 is 1.77 bits per heavy atom. The van der Waals surface area contributed by atoms with E-state index in [0.29, 0.717) is 12.2 Å². The lowest BCUT2D eigenvalue weighted by Gasteiger charge is -2.19. The molecule has 0 fully saturated rings. The molecule has 22 heavy (non-hydrogen) atoms. The molecule has 2 aromatic carbocycles. The third-order valence-electron chi connectivity index (χ3n) is 3.51. The summed E-state index contributed by atoms with van der Waals surface area (Å²) in [5.74, 6) is -0.102. The van der Waals surface area contributed by atoms with Crippen LogP contribution in [0.5, 0.6) is 0 Å². The maximum Gasteiger partial charge on any atom is 0.255 e. The van der Waals surface area contributed by atoms with Crippen molar-refractivity contribution in [2.75, 3.05) is 12.4 Å². The monoisotopic (exact) mass is 297 g/mol. The Labute approximate surface area is 132 Å². The fraction of sp³-hybridized carbons (Fsp3) is 0.316. The maximum atomic E-state index is 12.3. The van der Waals surface area contributed by atoms with Gasteiger partial charge >= 0.3 is 0 Å². The van der Waals surface area contributed by atoms with E-state index in [1.165, 1.54) is 5.56 Å². The van der Waals surface area contributed by atoms with Gasteiger partial charge in [0, 0.05) is 18.4 Å². The molecule has 0 aliphatic carbocycles. The fourth-order valence-electron chi connectivity index (χ4n) is 2.23. The third-order valence-corrected chi connectivity index (χ3v) is 3.51. The standard InChI is InChI=1S/C19H23NO2/c1-19(2,3)16-10-8-15(9-11-16)18(21)20-17-7-5-6-14(12-17)13-22-4/h5-12H,13H2,1-4H3,(H,20,21). The molecule has 0 saturated carbocycles. The maximum absolute atomic E-state index is 12.3. The third kappa shape index (κ3) is 4.18. The number of rotatable bonds is 4. The van der Waals surface area contributed by atoms with Gasteiger partial charge in [0.15, 0.2) is 0 Å². The predicted octanol–water partition coefficient (Wildman–Crippen LogP) is 4.38. The summed E-state index contributed by atoms with van der Waals surface area (Å²) in [7, 11) is 1.65. The molecule has 3 heteroatoms. The van der Waals surface area contributed by atoms with Gasteiger partial charge in [-0.2, -0.15) is 0 Å². The van der Waals surface area contributed by atoms with Gasteiger partial charge in [0.25, 0.3) is 5.91 Å². The Morgan fingerprint density at radius 3 is 2.36 bits per heavy atom. The average molecular weight is 297 g/mol. The zero-order valence-electron chi connectivity index (χ0n) is 13.6. The van der Waals surface area contributed by atoms with Crippen molar-refractivity contribution >= 4 is 11.6 Å². The molecule has 116 valence electrons. The zero-order chi connectivity index (χ0) is 16.2. The second-order valence-electron chi connectivity index (χ2n) is 6.41. The van der Waals surface area contributed by atoms with Crippen LogP contribution in [0, 0.1) is 0 Å². The molecule has 2 rings (SSSR count). The highest BCUT2D eigenvalue weighted by molar-refractivity contribution is 6.04. The van der Waals surface area contributed by atoms with Gasteiger partial charge in [0.05, 0.1) is 6.61 Å². The van der Waals surface area contributed by atoms with Crippen molar-refractivity contribution in [3.8, 4) is 0 Å². The summed E-state index contributed by atoms with van der Waals surface area (Å²) in [6.45, 7) is 7.00. The van der Waals surface area contributed by atoms with Crippen LogP contribution < -0.4 is 5.32 Å². The number of amides is 1. The molecule has 0 aliphatic heterocycles. The minimum Gasteiger partial charge on any atom is -0.380 e. The Hall–Kier alpha value is -2.13. The van der Waals surface area contributed by atoms with E-state index >= 15 is 0 Å². The molecule has 0 unspecified atom stereocenters. The Bertz CT molecular complexity index is 639. The van der Waals surface area contributed by atoms with Crippen LogP contribution in [0.4, 0.5) is 5.69 Å². The average Bonchev–Trinajstić information content (AvgIpc) is 2.47. The number of hydrogen-bond acceptors (Lipinski definition) is 2. The molecule has 1 N–H and O–H groups in total. The van der Waals surface area contributed by atoms with E-state index in [0.717, 1.165) is 11.3 Å². The second-order valence-corrected chi connectivity index (χ2v) is 6.41. The van der Waals surface area contributed by atoms with E-state index in [1.807, 2.05) is 48.5 Å². The molecule has 0 atom stereocenters. The van der Waals surface area contributed by atoms with Gasteiger partial charge in [0.2, 0.25) is 0 Å². The van der Waals surface area contributed by atoms with Gasteiger partial charge in [-0.05, 0) is 40.8 Å². The van der Waals surface area contributed by atoms with Crippen molar-refractivity contribution in [2.45, 2.75) is 32.8 Å². The van der Waals surface area contributed by atoms with Gasteiger partial charge < -0.3 is 10.1 Å². The van der Waals surface area contributed by atoms with Crippen molar-refractivity contribution in [3.63, 3.8) is 0 Å². The topological polar surface area (TPSA) is 38.3 Å². The molecule has 0 radical (unpaired) electrons. The molecule has 0 spiro atoms. The summed E-state index contributed by atoms with van der Waals surface area (Å²) < 4.78 is 5.10. The first-order valence-electron chi connectivity index (χ1n) is 7.40. The first kappa shape index (κ1) is 16.2. The van der Waals surface area contributed by atoms with Crippen molar-refractivity contribution < 1.29 is 9.53 Å². The van der Waals surface area contributed by atoms with Crippen LogP contribution in [0.2, 0.25) is 0 Å². The van der Waals surface area contributed by atoms with E-state index in [2.05, 4.69) is 26.1 Å². The minimum absolute atomic E-state index is 0.0868. The lowest BCUT2D eigenvalue weighted by molar-refractivity contribution is 0.102. The van der Waals surface area contributed by atoms with E-state index in [1.54, 1.807) is 7.11 Å². The van der Waals surface area contributed by atoms with E-state index in [9.17, 15) is 4.79 Å². The van der Waals surface area contributed by atoms with Crippen LogP contribution in [-0.2, 0) is 16.8 Å². The van der Waals surface area contributed by atoms with Crippen molar-refractivity contribution in [1.82, 2.24) is 0 Å². The smallest absolute Gasteiger partial charge is 0.255 e. The molecule has 0 aromatic heterocycles. The van der Waals surface area contributed by atoms with Gasteiger partial charge in [-0.25, -0.2) is 0 Å². The van der Waals surface area contributed by atoms with Gasteiger partial charge in [0.1, 0.15) is 0 Å². The molecular formula is C19H23NO2. The first-order chi connectivity index (χ1) is 10.4. The zero-order valence-corrected chi connectivity index (χ0v) is 13.6. The number of hydrogen-bond donors (Lipinski definition) is 1. The van der Waals surface area contributed by atoms with Crippen LogP contribution in [0.25, 0.3) is 0 Å². The normalized spacial score (nSPS) is 11.3. The lowest BCUT2D eigenvalue weighted by atomic mass is 9.87. The summed E-state index contributed by atoms with van der Waals surface area (Å²) in [5, 5.41) is 2.92. The highest BCUT2D eigenvalue weighted by Gasteiger charge is 2.14.